The van der Waals surface area contributed by atoms with Crippen LogP contribution in [-0.2, 0) is 4.79 Å². The molecule has 0 aliphatic carbocycles. The van der Waals surface area contributed by atoms with Gasteiger partial charge in [-0.3, -0.25) is 4.79 Å². The number of likely N-dealkylation sites (tertiary alicyclic amines) is 1. The molecule has 1 saturated heterocycles. The van der Waals surface area contributed by atoms with E-state index in [0.29, 0.717) is 18.3 Å². The Bertz CT molecular complexity index is 331. The fourth-order valence-electron chi connectivity index (χ4n) is 2.72. The highest BCUT2D eigenvalue weighted by Crippen LogP contribution is 2.24. The summed E-state index contributed by atoms with van der Waals surface area (Å²) in [6, 6.07) is -0.117. The molecule has 0 aromatic heterocycles. The van der Waals surface area contributed by atoms with Gasteiger partial charge in [0.25, 0.3) is 0 Å². The van der Waals surface area contributed by atoms with E-state index in [4.69, 9.17) is 5.11 Å². The highest BCUT2D eigenvalue weighted by atomic mass is 16.4. The van der Waals surface area contributed by atoms with Gasteiger partial charge in [-0.15, -0.1) is 0 Å². The maximum atomic E-state index is 12.1. The number of nitrogens with zero attached hydrogens (tertiary/aromatic N) is 1. The molecule has 0 bridgehead atoms. The van der Waals surface area contributed by atoms with Crippen molar-refractivity contribution in [2.45, 2.75) is 46.5 Å². The third-order valence-electron chi connectivity index (χ3n) is 4.34. The average molecular weight is 284 g/mol. The predicted octanol–water partition coefficient (Wildman–Crippen LogP) is 2.56. The summed E-state index contributed by atoms with van der Waals surface area (Å²) in [6.45, 7) is 8.06. The predicted molar refractivity (Wildman–Crippen MR) is 78.6 cm³/mol. The van der Waals surface area contributed by atoms with Crippen molar-refractivity contribution in [2.24, 2.45) is 17.8 Å². The summed E-state index contributed by atoms with van der Waals surface area (Å²) in [5.74, 6) is 0.0163. The molecule has 20 heavy (non-hydrogen) atoms. The topological polar surface area (TPSA) is 69.6 Å². The molecule has 2 atom stereocenters. The second-order valence-corrected chi connectivity index (χ2v) is 6.05. The zero-order valence-corrected chi connectivity index (χ0v) is 12.9. The summed E-state index contributed by atoms with van der Waals surface area (Å²) in [5.41, 5.74) is 0. The molecule has 1 rings (SSSR count). The summed E-state index contributed by atoms with van der Waals surface area (Å²) in [6.07, 6.45) is 3.78. The Morgan fingerprint density at radius 1 is 1.30 bits per heavy atom. The van der Waals surface area contributed by atoms with E-state index in [0.717, 1.165) is 25.9 Å². The second-order valence-electron chi connectivity index (χ2n) is 6.05. The Balaban J connectivity index is 2.42. The zero-order valence-electron chi connectivity index (χ0n) is 12.9. The number of aliphatic carboxylic acids is 1. The van der Waals surface area contributed by atoms with E-state index in [1.54, 1.807) is 0 Å². The van der Waals surface area contributed by atoms with E-state index in [2.05, 4.69) is 19.2 Å². The first-order valence-electron chi connectivity index (χ1n) is 7.71. The van der Waals surface area contributed by atoms with Crippen molar-refractivity contribution >= 4 is 12.0 Å². The van der Waals surface area contributed by atoms with Gasteiger partial charge in [0.15, 0.2) is 0 Å². The molecule has 0 saturated carbocycles. The molecule has 0 aromatic rings. The number of carbonyl (C=O) groups excluding carboxylic acids is 1. The molecular formula is C15H28N2O3. The number of carboxylic acids is 1. The lowest BCUT2D eigenvalue weighted by Gasteiger charge is -2.22. The normalized spacial score (nSPS) is 21.4. The van der Waals surface area contributed by atoms with Crippen molar-refractivity contribution in [3.63, 3.8) is 0 Å². The third-order valence-corrected chi connectivity index (χ3v) is 4.34. The standard InChI is InChI=1S/C15H28N2O3/c1-4-12(14(18)19)10-16-15(20)17-8-5-6-13(7-9-17)11(2)3/h11-13H,4-10H2,1-3H3,(H,16,20)(H,18,19). The minimum atomic E-state index is -0.844. The Morgan fingerprint density at radius 2 is 2.00 bits per heavy atom. The van der Waals surface area contributed by atoms with Gasteiger partial charge in [0, 0.05) is 19.6 Å². The van der Waals surface area contributed by atoms with Crippen LogP contribution in [-0.4, -0.2) is 41.6 Å². The largest absolute Gasteiger partial charge is 0.481 e. The molecule has 5 nitrogen and oxygen atoms in total. The van der Waals surface area contributed by atoms with Crippen LogP contribution in [0.5, 0.6) is 0 Å². The molecule has 116 valence electrons. The minimum absolute atomic E-state index is 0.117. The van der Waals surface area contributed by atoms with Gasteiger partial charge in [-0.2, -0.15) is 0 Å². The van der Waals surface area contributed by atoms with E-state index in [-0.39, 0.29) is 12.6 Å². The van der Waals surface area contributed by atoms with E-state index in [9.17, 15) is 9.59 Å². The zero-order chi connectivity index (χ0) is 15.1. The summed E-state index contributed by atoms with van der Waals surface area (Å²) in [7, 11) is 0. The molecule has 0 aromatic carbocycles. The smallest absolute Gasteiger partial charge is 0.317 e. The summed E-state index contributed by atoms with van der Waals surface area (Å²) >= 11 is 0. The van der Waals surface area contributed by atoms with Crippen LogP contribution in [0.25, 0.3) is 0 Å². The lowest BCUT2D eigenvalue weighted by molar-refractivity contribution is -0.141. The number of hydrogen-bond acceptors (Lipinski definition) is 2. The molecule has 1 fully saturated rings. The van der Waals surface area contributed by atoms with Gasteiger partial charge in [0.05, 0.1) is 5.92 Å². The number of hydrogen-bond donors (Lipinski definition) is 2. The van der Waals surface area contributed by atoms with E-state index < -0.39 is 11.9 Å². The number of amides is 2. The van der Waals surface area contributed by atoms with Crippen molar-refractivity contribution in [1.82, 2.24) is 10.2 Å². The fourth-order valence-corrected chi connectivity index (χ4v) is 2.72. The average Bonchev–Trinajstić information content (AvgIpc) is 2.64. The molecule has 1 heterocycles. The Hall–Kier alpha value is -1.26. The minimum Gasteiger partial charge on any atom is -0.481 e. The number of carbonyl (C=O) groups is 2. The van der Waals surface area contributed by atoms with Gasteiger partial charge in [-0.05, 0) is 37.5 Å². The molecule has 2 N–H and O–H groups in total. The Kier molecular flexibility index (Phi) is 6.82. The van der Waals surface area contributed by atoms with E-state index in [1.807, 2.05) is 11.8 Å². The molecular weight excluding hydrogens is 256 g/mol. The Morgan fingerprint density at radius 3 is 2.55 bits per heavy atom. The lowest BCUT2D eigenvalue weighted by atomic mass is 9.89. The molecule has 2 amide bonds. The summed E-state index contributed by atoms with van der Waals surface area (Å²) in [5, 5.41) is 11.7. The van der Waals surface area contributed by atoms with Crippen LogP contribution in [0.15, 0.2) is 0 Å². The van der Waals surface area contributed by atoms with Crippen LogP contribution in [0.1, 0.15) is 46.5 Å². The van der Waals surface area contributed by atoms with Crippen LogP contribution < -0.4 is 5.32 Å². The Labute approximate surface area is 121 Å². The van der Waals surface area contributed by atoms with Crippen molar-refractivity contribution in [1.29, 1.82) is 0 Å². The molecule has 2 unspecified atom stereocenters. The van der Waals surface area contributed by atoms with Crippen LogP contribution in [0.4, 0.5) is 4.79 Å². The third kappa shape index (κ3) is 5.02. The fraction of sp³-hybridized carbons (Fsp3) is 0.867. The summed E-state index contributed by atoms with van der Waals surface area (Å²) < 4.78 is 0. The monoisotopic (exact) mass is 284 g/mol. The highest BCUT2D eigenvalue weighted by molar-refractivity contribution is 5.76. The van der Waals surface area contributed by atoms with Crippen molar-refractivity contribution in [2.75, 3.05) is 19.6 Å². The van der Waals surface area contributed by atoms with Crippen molar-refractivity contribution in [3.8, 4) is 0 Å². The molecule has 5 heteroatoms. The number of nitrogens with one attached hydrogen (secondary N) is 1. The highest BCUT2D eigenvalue weighted by Gasteiger charge is 2.23. The maximum absolute atomic E-state index is 12.1. The first kappa shape index (κ1) is 16.8. The number of carboxylic acid groups (broad SMARTS) is 1. The van der Waals surface area contributed by atoms with Crippen LogP contribution in [0, 0.1) is 17.8 Å². The molecule has 1 aliphatic rings. The van der Waals surface area contributed by atoms with Crippen molar-refractivity contribution < 1.29 is 14.7 Å². The van der Waals surface area contributed by atoms with E-state index in [1.165, 1.54) is 6.42 Å². The van der Waals surface area contributed by atoms with Crippen LogP contribution in [0.2, 0.25) is 0 Å². The SMILES string of the molecule is CCC(CNC(=O)N1CCCC(C(C)C)CC1)C(=O)O. The quantitative estimate of drug-likeness (QED) is 0.815. The van der Waals surface area contributed by atoms with Gasteiger partial charge in [0.2, 0.25) is 0 Å². The first-order chi connectivity index (χ1) is 9.45. The number of rotatable bonds is 5. The molecule has 0 spiro atoms. The van der Waals surface area contributed by atoms with Gasteiger partial charge in [-0.1, -0.05) is 20.8 Å². The maximum Gasteiger partial charge on any atom is 0.317 e. The van der Waals surface area contributed by atoms with Gasteiger partial charge in [-0.25, -0.2) is 4.79 Å². The van der Waals surface area contributed by atoms with E-state index >= 15 is 0 Å². The second kappa shape index (κ2) is 8.12. The summed E-state index contributed by atoms with van der Waals surface area (Å²) in [4.78, 5) is 24.8. The van der Waals surface area contributed by atoms with Gasteiger partial charge < -0.3 is 15.3 Å². The molecule has 0 radical (unpaired) electrons. The van der Waals surface area contributed by atoms with Crippen LogP contribution in [0.3, 0.4) is 0 Å². The van der Waals surface area contributed by atoms with Crippen LogP contribution >= 0.6 is 0 Å². The van der Waals surface area contributed by atoms with Crippen molar-refractivity contribution in [3.05, 3.63) is 0 Å². The van der Waals surface area contributed by atoms with Gasteiger partial charge >= 0.3 is 12.0 Å². The first-order valence-corrected chi connectivity index (χ1v) is 7.71. The van der Waals surface area contributed by atoms with Gasteiger partial charge in [0.1, 0.15) is 0 Å². The lowest BCUT2D eigenvalue weighted by Crippen LogP contribution is -2.43. The number of urea groups is 1. The molecule has 1 aliphatic heterocycles.